The second kappa shape index (κ2) is 6.98. The maximum absolute atomic E-state index is 5.90. The Morgan fingerprint density at radius 3 is 2.39 bits per heavy atom. The van der Waals surface area contributed by atoms with Crippen molar-refractivity contribution >= 4 is 8.56 Å². The van der Waals surface area contributed by atoms with Crippen molar-refractivity contribution < 1.29 is 23.1 Å². The maximum Gasteiger partial charge on any atom is 0.367 e. The van der Waals surface area contributed by atoms with Crippen LogP contribution in [0.15, 0.2) is 0 Å². The van der Waals surface area contributed by atoms with Crippen LogP contribution in [-0.2, 0) is 23.1 Å². The van der Waals surface area contributed by atoms with Crippen LogP contribution in [-0.4, -0.2) is 60.5 Å². The standard InChI is InChI=1S/C12H26O5Si/c1-6-17-12(2,18(5,13-3)14-4)7-8-15-9-11-10-16-11/h11H,6-10H2,1-5H3. The Morgan fingerprint density at radius 1 is 1.33 bits per heavy atom. The van der Waals surface area contributed by atoms with Crippen molar-refractivity contribution in [3.63, 3.8) is 0 Å². The molecule has 1 saturated heterocycles. The second-order valence-corrected chi connectivity index (χ2v) is 8.56. The highest BCUT2D eigenvalue weighted by Gasteiger charge is 2.51. The zero-order valence-corrected chi connectivity index (χ0v) is 13.2. The lowest BCUT2D eigenvalue weighted by molar-refractivity contribution is -0.0290. The SMILES string of the molecule is CCOC(C)(CCOCC1CO1)[Si](C)(OC)OC. The smallest absolute Gasteiger partial charge is 0.367 e. The lowest BCUT2D eigenvalue weighted by atomic mass is 10.3. The molecule has 0 saturated carbocycles. The molecular weight excluding hydrogens is 252 g/mol. The number of hydrogen-bond acceptors (Lipinski definition) is 5. The van der Waals surface area contributed by atoms with Gasteiger partial charge in [-0.15, -0.1) is 0 Å². The summed E-state index contributed by atoms with van der Waals surface area (Å²) in [6.07, 6.45) is 1.06. The van der Waals surface area contributed by atoms with Crippen LogP contribution in [0, 0.1) is 0 Å². The number of rotatable bonds is 10. The van der Waals surface area contributed by atoms with Gasteiger partial charge in [-0.3, -0.25) is 0 Å². The summed E-state index contributed by atoms with van der Waals surface area (Å²) in [6.45, 7) is 8.81. The number of hydrogen-bond donors (Lipinski definition) is 0. The van der Waals surface area contributed by atoms with E-state index in [-0.39, 0.29) is 0 Å². The molecule has 1 fully saturated rings. The van der Waals surface area contributed by atoms with Crippen LogP contribution in [0.1, 0.15) is 20.3 Å². The fourth-order valence-electron chi connectivity index (χ4n) is 1.91. The van der Waals surface area contributed by atoms with Gasteiger partial charge in [0.1, 0.15) is 11.3 Å². The summed E-state index contributed by atoms with van der Waals surface area (Å²) < 4.78 is 27.8. The van der Waals surface area contributed by atoms with E-state index < -0.39 is 13.8 Å². The first-order valence-corrected chi connectivity index (χ1v) is 8.76. The van der Waals surface area contributed by atoms with Crippen molar-refractivity contribution in [3.05, 3.63) is 0 Å². The molecule has 0 N–H and O–H groups in total. The topological polar surface area (TPSA) is 49.5 Å². The Hall–Kier alpha value is 0.0169. The van der Waals surface area contributed by atoms with Gasteiger partial charge < -0.3 is 23.1 Å². The zero-order valence-electron chi connectivity index (χ0n) is 12.2. The third kappa shape index (κ3) is 4.01. The molecule has 0 aromatic rings. The first kappa shape index (κ1) is 16.1. The van der Waals surface area contributed by atoms with E-state index >= 15 is 0 Å². The van der Waals surface area contributed by atoms with Crippen LogP contribution in [0.2, 0.25) is 6.55 Å². The number of ether oxygens (including phenoxy) is 3. The minimum absolute atomic E-state index is 0.303. The third-order valence-electron chi connectivity index (χ3n) is 3.63. The van der Waals surface area contributed by atoms with E-state index in [1.54, 1.807) is 14.2 Å². The van der Waals surface area contributed by atoms with E-state index in [2.05, 4.69) is 0 Å². The summed E-state index contributed by atoms with van der Waals surface area (Å²) in [6, 6.07) is 0. The molecule has 108 valence electrons. The zero-order chi connectivity index (χ0) is 13.6. The van der Waals surface area contributed by atoms with Gasteiger partial charge >= 0.3 is 8.56 Å². The van der Waals surface area contributed by atoms with Crippen LogP contribution >= 0.6 is 0 Å². The first-order chi connectivity index (χ1) is 8.51. The van der Waals surface area contributed by atoms with Crippen LogP contribution in [0.4, 0.5) is 0 Å². The Bertz CT molecular complexity index is 243. The molecule has 18 heavy (non-hydrogen) atoms. The van der Waals surface area contributed by atoms with Crippen molar-refractivity contribution in [2.24, 2.45) is 0 Å². The summed E-state index contributed by atoms with van der Waals surface area (Å²) in [7, 11) is 1.01. The van der Waals surface area contributed by atoms with Gasteiger partial charge in [0.05, 0.1) is 13.2 Å². The molecule has 0 amide bonds. The van der Waals surface area contributed by atoms with E-state index in [9.17, 15) is 0 Å². The molecular formula is C12H26O5Si. The Balaban J connectivity index is 2.48. The lowest BCUT2D eigenvalue weighted by Crippen LogP contribution is -2.60. The molecule has 0 spiro atoms. The van der Waals surface area contributed by atoms with E-state index in [1.165, 1.54) is 0 Å². The van der Waals surface area contributed by atoms with Crippen LogP contribution in [0.25, 0.3) is 0 Å². The molecule has 0 aromatic carbocycles. The summed E-state index contributed by atoms with van der Waals surface area (Å²) in [5.74, 6) is 0. The van der Waals surface area contributed by atoms with Crippen LogP contribution in [0.5, 0.6) is 0 Å². The van der Waals surface area contributed by atoms with Gasteiger partial charge in [-0.2, -0.15) is 0 Å². The normalized spacial score (nSPS) is 22.8. The average molecular weight is 278 g/mol. The third-order valence-corrected chi connectivity index (χ3v) is 7.51. The highest BCUT2D eigenvalue weighted by molar-refractivity contribution is 6.69. The van der Waals surface area contributed by atoms with Crippen molar-refractivity contribution in [3.8, 4) is 0 Å². The Morgan fingerprint density at radius 2 is 1.94 bits per heavy atom. The van der Waals surface area contributed by atoms with Crippen molar-refractivity contribution in [1.82, 2.24) is 0 Å². The molecule has 1 aliphatic rings. The molecule has 1 rings (SSSR count). The average Bonchev–Trinajstić information content (AvgIpc) is 3.18. The second-order valence-electron chi connectivity index (χ2n) is 4.80. The first-order valence-electron chi connectivity index (χ1n) is 6.45. The van der Waals surface area contributed by atoms with Crippen LogP contribution < -0.4 is 0 Å². The molecule has 0 radical (unpaired) electrons. The Kier molecular flexibility index (Phi) is 6.23. The summed E-state index contributed by atoms with van der Waals surface area (Å²) in [5, 5.41) is -0.407. The molecule has 6 heteroatoms. The Labute approximate surface area is 111 Å². The molecule has 0 bridgehead atoms. The predicted molar refractivity (Wildman–Crippen MR) is 70.8 cm³/mol. The molecule has 0 aliphatic carbocycles. The minimum atomic E-state index is -2.37. The van der Waals surface area contributed by atoms with Gasteiger partial charge in [0.25, 0.3) is 0 Å². The predicted octanol–water partition coefficient (Wildman–Crippen LogP) is 1.49. The molecule has 1 heterocycles. The molecule has 2 atom stereocenters. The summed E-state index contributed by atoms with van der Waals surface area (Å²) >= 11 is 0. The fraction of sp³-hybridized carbons (Fsp3) is 1.00. The van der Waals surface area contributed by atoms with Crippen molar-refractivity contribution in [2.45, 2.75) is 38.1 Å². The van der Waals surface area contributed by atoms with E-state index in [1.807, 2.05) is 20.4 Å². The van der Waals surface area contributed by atoms with E-state index in [4.69, 9.17) is 23.1 Å². The number of epoxide rings is 1. The molecule has 1 aliphatic heterocycles. The monoisotopic (exact) mass is 278 g/mol. The maximum atomic E-state index is 5.90. The molecule has 0 aromatic heterocycles. The molecule has 5 nitrogen and oxygen atoms in total. The van der Waals surface area contributed by atoms with Crippen LogP contribution in [0.3, 0.4) is 0 Å². The van der Waals surface area contributed by atoms with Gasteiger partial charge in [-0.05, 0) is 20.4 Å². The van der Waals surface area contributed by atoms with E-state index in [0.29, 0.717) is 25.9 Å². The van der Waals surface area contributed by atoms with Crippen molar-refractivity contribution in [2.75, 3.05) is 40.6 Å². The highest BCUT2D eigenvalue weighted by atomic mass is 28.4. The van der Waals surface area contributed by atoms with Gasteiger partial charge in [-0.1, -0.05) is 0 Å². The quantitative estimate of drug-likeness (QED) is 0.344. The van der Waals surface area contributed by atoms with Gasteiger partial charge in [0.2, 0.25) is 0 Å². The lowest BCUT2D eigenvalue weighted by Gasteiger charge is -2.41. The van der Waals surface area contributed by atoms with Gasteiger partial charge in [0.15, 0.2) is 0 Å². The van der Waals surface area contributed by atoms with E-state index in [0.717, 1.165) is 13.0 Å². The largest absolute Gasteiger partial charge is 0.396 e. The summed E-state index contributed by atoms with van der Waals surface area (Å²) in [5.41, 5.74) is 0. The van der Waals surface area contributed by atoms with Crippen molar-refractivity contribution in [1.29, 1.82) is 0 Å². The molecule has 2 unspecified atom stereocenters. The van der Waals surface area contributed by atoms with Gasteiger partial charge in [0, 0.05) is 33.9 Å². The highest BCUT2D eigenvalue weighted by Crippen LogP contribution is 2.29. The van der Waals surface area contributed by atoms with Gasteiger partial charge in [-0.25, -0.2) is 0 Å². The fourth-order valence-corrected chi connectivity index (χ4v) is 3.90. The minimum Gasteiger partial charge on any atom is -0.396 e. The summed E-state index contributed by atoms with van der Waals surface area (Å²) in [4.78, 5) is 0.